The second-order valence-electron chi connectivity index (χ2n) is 10.9. The number of aryl methyl sites for hydroxylation is 1. The molecule has 1 nitrogen and oxygen atoms in total. The number of allylic oxidation sites excluding steroid dienone is 4. The van der Waals surface area contributed by atoms with E-state index in [9.17, 15) is 0 Å². The number of halogens is 2. The standard InChI is InChI=1S/C13H10.C11H16O.C9H13.2ClH.Ti/c1-3-7-12(8-4-1)11-13-9-5-2-6-10-13;1-8-5-9(11(2,3)4)7-10(12)6-8;1-6-5-7(2)9(4)8(6)3;;;/h1-10H;5-7,12H,1-4H3;6H,1-4H3;2*1H;/q;;;;;+1/p-1. The Kier molecular flexibility index (Phi) is 10.8. The third-order valence-corrected chi connectivity index (χ3v) is 11.7. The minimum Gasteiger partial charge on any atom is -0.147 e. The van der Waals surface area contributed by atoms with Gasteiger partial charge in [-0.15, -0.1) is 24.8 Å². The fraction of sp³-hybridized carbons (Fsp3) is 0.303. The Morgan fingerprint density at radius 1 is 0.730 bits per heavy atom. The molecule has 0 saturated carbocycles. The Morgan fingerprint density at radius 2 is 1.24 bits per heavy atom. The summed E-state index contributed by atoms with van der Waals surface area (Å²) < 4.78 is 10.2. The van der Waals surface area contributed by atoms with Gasteiger partial charge in [0.25, 0.3) is 0 Å². The maximum atomic E-state index is 7.27. The molecule has 3 aromatic rings. The molecule has 4 heteroatoms. The molecule has 1 aliphatic rings. The normalized spacial score (nSPS) is 15.2. The molecular weight excluding hydrogens is 531 g/mol. The molecule has 0 bridgehead atoms. The van der Waals surface area contributed by atoms with Gasteiger partial charge in [-0.3, -0.25) is 0 Å². The molecule has 0 heterocycles. The average molecular weight is 571 g/mol. The van der Waals surface area contributed by atoms with Crippen molar-refractivity contribution < 1.29 is 21.1 Å². The van der Waals surface area contributed by atoms with Gasteiger partial charge < -0.3 is 0 Å². The molecule has 0 saturated heterocycles. The van der Waals surface area contributed by atoms with E-state index in [2.05, 4.69) is 134 Å². The Morgan fingerprint density at radius 3 is 1.68 bits per heavy atom. The van der Waals surface area contributed by atoms with E-state index in [4.69, 9.17) is 3.32 Å². The molecule has 0 N–H and O–H groups in total. The first kappa shape index (κ1) is 31.3. The summed E-state index contributed by atoms with van der Waals surface area (Å²) in [7, 11) is 0. The third-order valence-electron chi connectivity index (χ3n) is 7.37. The third kappa shape index (κ3) is 6.76. The van der Waals surface area contributed by atoms with Crippen molar-refractivity contribution in [3.8, 4) is 5.75 Å². The molecule has 1 unspecified atom stereocenters. The Balaban J connectivity index is 0.00000241. The molecule has 0 amide bonds. The van der Waals surface area contributed by atoms with Crippen molar-refractivity contribution in [2.24, 2.45) is 5.92 Å². The summed E-state index contributed by atoms with van der Waals surface area (Å²) in [6, 6.07) is 28.6. The summed E-state index contributed by atoms with van der Waals surface area (Å²) in [5.41, 5.74) is 9.52. The van der Waals surface area contributed by atoms with E-state index in [1.165, 1.54) is 46.7 Å². The zero-order chi connectivity index (χ0) is 25.3. The summed E-state index contributed by atoms with van der Waals surface area (Å²) >= 11 is -2.50. The molecule has 3 aromatic carbocycles. The van der Waals surface area contributed by atoms with Crippen LogP contribution in [0.3, 0.4) is 0 Å². The number of rotatable bonds is 5. The van der Waals surface area contributed by atoms with Crippen LogP contribution in [0.5, 0.6) is 5.75 Å². The Labute approximate surface area is 242 Å². The second-order valence-corrected chi connectivity index (χ2v) is 13.9. The quantitative estimate of drug-likeness (QED) is 0.277. The van der Waals surface area contributed by atoms with Gasteiger partial charge in [0, 0.05) is 0 Å². The molecule has 0 aromatic heterocycles. The van der Waals surface area contributed by atoms with Crippen molar-refractivity contribution in [2.75, 3.05) is 0 Å². The minimum absolute atomic E-state index is 0. The van der Waals surface area contributed by atoms with Crippen molar-refractivity contribution in [1.82, 2.24) is 0 Å². The molecule has 0 aliphatic heterocycles. The van der Waals surface area contributed by atoms with Crippen molar-refractivity contribution in [2.45, 2.75) is 60.8 Å². The van der Waals surface area contributed by atoms with E-state index in [1.54, 1.807) is 0 Å². The SMILES string of the molecule is CC1=C(C)C(C)[C]([Ti]([O]c2cc(C)cc(C(C)(C)C)c2)=[C](c2ccccc2)c2ccccc2)=C1C.Cl.Cl. The van der Waals surface area contributed by atoms with Crippen LogP contribution in [0.2, 0.25) is 0 Å². The first-order valence-electron chi connectivity index (χ1n) is 12.6. The number of hydrogen-bond acceptors (Lipinski definition) is 1. The van der Waals surface area contributed by atoms with Crippen molar-refractivity contribution in [3.05, 3.63) is 122 Å². The van der Waals surface area contributed by atoms with E-state index >= 15 is 0 Å². The van der Waals surface area contributed by atoms with Crippen LogP contribution in [-0.2, 0) is 23.2 Å². The smallest absolute Gasteiger partial charge is 0.147 e. The molecule has 4 rings (SSSR count). The number of hydrogen-bond donors (Lipinski definition) is 0. The molecule has 0 radical (unpaired) electrons. The van der Waals surface area contributed by atoms with Gasteiger partial charge in [-0.05, 0) is 0 Å². The fourth-order valence-corrected chi connectivity index (χ4v) is 9.39. The first-order chi connectivity index (χ1) is 16.6. The molecule has 1 aliphatic carbocycles. The van der Waals surface area contributed by atoms with Crippen molar-refractivity contribution in [1.29, 1.82) is 0 Å². The Bertz CT molecular complexity index is 1290. The summed E-state index contributed by atoms with van der Waals surface area (Å²) in [4.78, 5) is 0. The van der Waals surface area contributed by atoms with Crippen LogP contribution in [0.25, 0.3) is 0 Å². The van der Waals surface area contributed by atoms with E-state index in [1.807, 2.05) is 0 Å². The van der Waals surface area contributed by atoms with Gasteiger partial charge in [0.1, 0.15) is 0 Å². The topological polar surface area (TPSA) is 9.23 Å². The summed E-state index contributed by atoms with van der Waals surface area (Å²) in [5.74, 6) is 1.41. The van der Waals surface area contributed by atoms with Crippen LogP contribution in [-0.4, -0.2) is 3.81 Å². The van der Waals surface area contributed by atoms with Gasteiger partial charge in [0.15, 0.2) is 0 Å². The second kappa shape index (κ2) is 12.8. The number of benzene rings is 3. The van der Waals surface area contributed by atoms with E-state index < -0.39 is 17.8 Å². The molecule has 37 heavy (non-hydrogen) atoms. The monoisotopic (exact) mass is 570 g/mol. The van der Waals surface area contributed by atoms with Gasteiger partial charge in [-0.1, -0.05) is 0 Å². The van der Waals surface area contributed by atoms with Crippen LogP contribution in [0, 0.1) is 12.8 Å². The van der Waals surface area contributed by atoms with E-state index in [0.717, 1.165) is 5.75 Å². The largest absolute Gasteiger partial charge is 0.147 e. The first-order valence-corrected chi connectivity index (χ1v) is 14.8. The zero-order valence-electron chi connectivity index (χ0n) is 23.3. The van der Waals surface area contributed by atoms with Gasteiger partial charge in [0.2, 0.25) is 0 Å². The summed E-state index contributed by atoms with van der Waals surface area (Å²) in [5, 5.41) is 0. The molecule has 0 spiro atoms. The van der Waals surface area contributed by atoms with E-state index in [-0.39, 0.29) is 30.2 Å². The van der Waals surface area contributed by atoms with Gasteiger partial charge in [-0.25, -0.2) is 0 Å². The minimum atomic E-state index is -2.50. The van der Waals surface area contributed by atoms with Gasteiger partial charge in [-0.2, -0.15) is 0 Å². The van der Waals surface area contributed by atoms with Crippen LogP contribution in [0.4, 0.5) is 0 Å². The molecule has 0 fully saturated rings. The molecular formula is C33H40Cl2OTi. The van der Waals surface area contributed by atoms with Crippen LogP contribution >= 0.6 is 24.8 Å². The maximum absolute atomic E-state index is 7.27. The average Bonchev–Trinajstić information content (AvgIpc) is 3.01. The van der Waals surface area contributed by atoms with E-state index in [0.29, 0.717) is 5.92 Å². The predicted octanol–water partition coefficient (Wildman–Crippen LogP) is 9.58. The fourth-order valence-electron chi connectivity index (χ4n) is 4.97. The van der Waals surface area contributed by atoms with Gasteiger partial charge >= 0.3 is 219 Å². The summed E-state index contributed by atoms with van der Waals surface area (Å²) in [6.07, 6.45) is 0. The van der Waals surface area contributed by atoms with Crippen LogP contribution in [0.15, 0.2) is 99.5 Å². The van der Waals surface area contributed by atoms with Crippen LogP contribution < -0.4 is 3.32 Å². The van der Waals surface area contributed by atoms with Gasteiger partial charge in [0.05, 0.1) is 0 Å². The van der Waals surface area contributed by atoms with Crippen molar-refractivity contribution >= 4 is 28.6 Å². The van der Waals surface area contributed by atoms with Crippen LogP contribution in [0.1, 0.15) is 70.7 Å². The molecule has 196 valence electrons. The van der Waals surface area contributed by atoms with Crippen molar-refractivity contribution in [3.63, 3.8) is 0 Å². The maximum Gasteiger partial charge on any atom is -0.147 e. The zero-order valence-corrected chi connectivity index (χ0v) is 26.5. The summed E-state index contributed by atoms with van der Waals surface area (Å²) in [6.45, 7) is 18.2. The molecule has 1 atom stereocenters. The predicted molar refractivity (Wildman–Crippen MR) is 161 cm³/mol. The Hall–Kier alpha value is -1.90.